The van der Waals surface area contributed by atoms with Crippen LogP contribution in [0.15, 0.2) is 18.7 Å². The molecule has 0 aliphatic carbocycles. The molecule has 176 valence electrons. The van der Waals surface area contributed by atoms with Gasteiger partial charge in [-0.25, -0.2) is 9.13 Å². The van der Waals surface area contributed by atoms with Crippen molar-refractivity contribution in [3.8, 4) is 0 Å². The van der Waals surface area contributed by atoms with E-state index in [9.17, 15) is 0 Å². The maximum absolute atomic E-state index is 2.39. The van der Waals surface area contributed by atoms with Gasteiger partial charge in [0, 0.05) is 0 Å². The normalized spacial score (nSPS) is 11.6. The van der Waals surface area contributed by atoms with Crippen LogP contribution in [0.1, 0.15) is 143 Å². The van der Waals surface area contributed by atoms with Crippen LogP contribution in [0.2, 0.25) is 0 Å². The molecule has 0 amide bonds. The fourth-order valence-corrected chi connectivity index (χ4v) is 4.39. The molecule has 0 fully saturated rings. The van der Waals surface area contributed by atoms with E-state index in [4.69, 9.17) is 0 Å². The van der Waals surface area contributed by atoms with Gasteiger partial charge in [-0.15, -0.1) is 0 Å². The Morgan fingerprint density at radius 3 is 1.67 bits per heavy atom. The average Bonchev–Trinajstić information content (AvgIpc) is 3.18. The zero-order chi connectivity index (χ0) is 21.7. The first-order valence-corrected chi connectivity index (χ1v) is 13.8. The van der Waals surface area contributed by atoms with Crippen LogP contribution >= 0.6 is 0 Å². The van der Waals surface area contributed by atoms with E-state index in [-0.39, 0.29) is 0 Å². The Kier molecular flexibility index (Phi) is 18.3. The molecule has 0 aliphatic rings. The molecule has 1 aromatic rings. The molecule has 0 saturated carbocycles. The molecule has 0 atom stereocenters. The smallest absolute Gasteiger partial charge is 0.237 e. The summed E-state index contributed by atoms with van der Waals surface area (Å²) in [5.74, 6) is 0.855. The third-order valence-corrected chi connectivity index (χ3v) is 6.46. The summed E-state index contributed by atoms with van der Waals surface area (Å²) in [7, 11) is 0. The Balaban J connectivity index is 1.83. The first-order chi connectivity index (χ1) is 14.7. The van der Waals surface area contributed by atoms with E-state index in [2.05, 4.69) is 48.6 Å². The van der Waals surface area contributed by atoms with E-state index in [1.807, 2.05) is 0 Å². The fourth-order valence-electron chi connectivity index (χ4n) is 4.39. The molecule has 0 bridgehead atoms. The van der Waals surface area contributed by atoms with Crippen LogP contribution in [0.5, 0.6) is 0 Å². The standard InChI is InChI=1S/C28H55N2/c1-4-5-6-7-8-9-10-11-12-13-14-15-16-17-20-23-29-25-26-30(27-29)24-21-18-19-22-28(2)3/h25-28H,4-24H2,1-3H3/q+1. The van der Waals surface area contributed by atoms with Crippen molar-refractivity contribution in [3.05, 3.63) is 18.7 Å². The number of hydrogen-bond acceptors (Lipinski definition) is 0. The molecule has 0 spiro atoms. The molecule has 30 heavy (non-hydrogen) atoms. The van der Waals surface area contributed by atoms with Crippen LogP contribution in [0.25, 0.3) is 0 Å². The molecule has 2 heteroatoms. The predicted octanol–water partition coefficient (Wildman–Crippen LogP) is 8.86. The van der Waals surface area contributed by atoms with Crippen LogP contribution in [0, 0.1) is 5.92 Å². The van der Waals surface area contributed by atoms with E-state index in [1.54, 1.807) is 0 Å². The number of aromatic nitrogens is 2. The highest BCUT2D eigenvalue weighted by atomic mass is 15.1. The summed E-state index contributed by atoms with van der Waals surface area (Å²) in [5.41, 5.74) is 0. The quantitative estimate of drug-likeness (QED) is 0.131. The van der Waals surface area contributed by atoms with Crippen molar-refractivity contribution in [1.82, 2.24) is 4.57 Å². The lowest BCUT2D eigenvalue weighted by Gasteiger charge is -2.03. The Bertz CT molecular complexity index is 463. The van der Waals surface area contributed by atoms with Gasteiger partial charge >= 0.3 is 0 Å². The summed E-state index contributed by atoms with van der Waals surface area (Å²) in [6, 6.07) is 0. The van der Waals surface area contributed by atoms with Gasteiger partial charge in [-0.2, -0.15) is 0 Å². The summed E-state index contributed by atoms with van der Waals surface area (Å²) in [6.07, 6.45) is 33.9. The molecule has 0 unspecified atom stereocenters. The van der Waals surface area contributed by atoms with E-state index in [0.29, 0.717) is 0 Å². The molecule has 2 nitrogen and oxygen atoms in total. The number of unbranched alkanes of at least 4 members (excludes halogenated alkanes) is 16. The Hall–Kier alpha value is -0.790. The molecule has 0 aliphatic heterocycles. The highest BCUT2D eigenvalue weighted by Gasteiger charge is 2.04. The number of rotatable bonds is 22. The second-order valence-corrected chi connectivity index (χ2v) is 10.1. The number of hydrogen-bond donors (Lipinski definition) is 0. The lowest BCUT2D eigenvalue weighted by molar-refractivity contribution is -0.696. The highest BCUT2D eigenvalue weighted by molar-refractivity contribution is 4.66. The second kappa shape index (κ2) is 20.1. The van der Waals surface area contributed by atoms with Gasteiger partial charge in [0.25, 0.3) is 0 Å². The summed E-state index contributed by atoms with van der Waals surface area (Å²) in [4.78, 5) is 0. The van der Waals surface area contributed by atoms with Crippen LogP contribution < -0.4 is 4.57 Å². The van der Waals surface area contributed by atoms with Gasteiger partial charge in [0.15, 0.2) is 0 Å². The topological polar surface area (TPSA) is 8.81 Å². The third kappa shape index (κ3) is 16.9. The molecular formula is C28H55N2+. The van der Waals surface area contributed by atoms with Crippen LogP contribution in [0.4, 0.5) is 0 Å². The maximum atomic E-state index is 2.39. The second-order valence-electron chi connectivity index (χ2n) is 10.1. The van der Waals surface area contributed by atoms with Crippen molar-refractivity contribution in [1.29, 1.82) is 0 Å². The van der Waals surface area contributed by atoms with E-state index < -0.39 is 0 Å². The Labute approximate surface area is 189 Å². The van der Waals surface area contributed by atoms with Crippen LogP contribution in [0.3, 0.4) is 0 Å². The van der Waals surface area contributed by atoms with E-state index in [1.165, 1.54) is 135 Å². The summed E-state index contributed by atoms with van der Waals surface area (Å²) >= 11 is 0. The molecule has 1 aromatic heterocycles. The van der Waals surface area contributed by atoms with Gasteiger partial charge < -0.3 is 0 Å². The van der Waals surface area contributed by atoms with Gasteiger partial charge in [-0.3, -0.25) is 0 Å². The minimum atomic E-state index is 0.855. The minimum absolute atomic E-state index is 0.855. The van der Waals surface area contributed by atoms with Gasteiger partial charge in [0.05, 0.1) is 13.1 Å². The van der Waals surface area contributed by atoms with Crippen molar-refractivity contribution in [3.63, 3.8) is 0 Å². The van der Waals surface area contributed by atoms with Crippen LogP contribution in [-0.4, -0.2) is 4.57 Å². The number of nitrogens with zero attached hydrogens (tertiary/aromatic N) is 2. The van der Waals surface area contributed by atoms with Gasteiger partial charge in [0.2, 0.25) is 6.33 Å². The summed E-state index contributed by atoms with van der Waals surface area (Å²) in [6.45, 7) is 9.33. The Morgan fingerprint density at radius 1 is 0.633 bits per heavy atom. The van der Waals surface area contributed by atoms with Crippen molar-refractivity contribution < 1.29 is 4.57 Å². The number of aryl methyl sites for hydroxylation is 2. The summed E-state index contributed by atoms with van der Waals surface area (Å²) in [5, 5.41) is 0. The number of imidazole rings is 1. The third-order valence-electron chi connectivity index (χ3n) is 6.46. The minimum Gasteiger partial charge on any atom is -0.237 e. The SMILES string of the molecule is CCCCCCCCCCCCCCCCCn1cc[n+](CCCCCC(C)C)c1. The van der Waals surface area contributed by atoms with E-state index >= 15 is 0 Å². The maximum Gasteiger partial charge on any atom is 0.243 e. The highest BCUT2D eigenvalue weighted by Crippen LogP contribution is 2.13. The molecule has 0 saturated heterocycles. The van der Waals surface area contributed by atoms with Crippen molar-refractivity contribution in [2.45, 2.75) is 156 Å². The molecule has 1 rings (SSSR count). The molecule has 0 aromatic carbocycles. The zero-order valence-corrected chi connectivity index (χ0v) is 21.1. The lowest BCUT2D eigenvalue weighted by Crippen LogP contribution is -2.30. The Morgan fingerprint density at radius 2 is 1.13 bits per heavy atom. The first-order valence-electron chi connectivity index (χ1n) is 13.8. The molecule has 0 N–H and O–H groups in total. The predicted molar refractivity (Wildman–Crippen MR) is 133 cm³/mol. The monoisotopic (exact) mass is 419 g/mol. The van der Waals surface area contributed by atoms with Gasteiger partial charge in [0.1, 0.15) is 12.4 Å². The van der Waals surface area contributed by atoms with Gasteiger partial charge in [-0.05, 0) is 31.6 Å². The average molecular weight is 420 g/mol. The lowest BCUT2D eigenvalue weighted by atomic mass is 10.0. The molecule has 0 radical (unpaired) electrons. The largest absolute Gasteiger partial charge is 0.243 e. The zero-order valence-electron chi connectivity index (χ0n) is 21.1. The van der Waals surface area contributed by atoms with Crippen molar-refractivity contribution in [2.24, 2.45) is 5.92 Å². The van der Waals surface area contributed by atoms with E-state index in [0.717, 1.165) is 5.92 Å². The molecule has 1 heterocycles. The summed E-state index contributed by atoms with van der Waals surface area (Å²) < 4.78 is 4.76. The first kappa shape index (κ1) is 27.2. The van der Waals surface area contributed by atoms with Gasteiger partial charge in [-0.1, -0.05) is 117 Å². The molecular weight excluding hydrogens is 364 g/mol. The van der Waals surface area contributed by atoms with Crippen molar-refractivity contribution >= 4 is 0 Å². The van der Waals surface area contributed by atoms with Crippen molar-refractivity contribution in [2.75, 3.05) is 0 Å². The fraction of sp³-hybridized carbons (Fsp3) is 0.893. The van der Waals surface area contributed by atoms with Crippen LogP contribution in [-0.2, 0) is 13.1 Å².